The van der Waals surface area contributed by atoms with Gasteiger partial charge < -0.3 is 27.4 Å². The monoisotopic (exact) mass is 357 g/mol. The van der Waals surface area contributed by atoms with Gasteiger partial charge in [0.2, 0.25) is 23.6 Å². The van der Waals surface area contributed by atoms with E-state index >= 15 is 0 Å². The van der Waals surface area contributed by atoms with Crippen LogP contribution in [0.1, 0.15) is 47.0 Å². The van der Waals surface area contributed by atoms with Crippen LogP contribution in [0.3, 0.4) is 0 Å². The van der Waals surface area contributed by atoms with Crippen LogP contribution in [0, 0.1) is 5.92 Å². The molecule has 0 aromatic carbocycles. The van der Waals surface area contributed by atoms with E-state index in [1.807, 2.05) is 13.8 Å². The van der Waals surface area contributed by atoms with E-state index in [0.717, 1.165) is 0 Å². The second kappa shape index (κ2) is 11.4. The van der Waals surface area contributed by atoms with Gasteiger partial charge in [-0.1, -0.05) is 13.8 Å². The molecule has 0 rings (SSSR count). The quantitative estimate of drug-likeness (QED) is 0.312. The van der Waals surface area contributed by atoms with Gasteiger partial charge in [-0.3, -0.25) is 19.2 Å². The van der Waals surface area contributed by atoms with Crippen molar-refractivity contribution in [2.75, 3.05) is 6.54 Å². The molecule has 0 bridgehead atoms. The van der Waals surface area contributed by atoms with Crippen LogP contribution in [0.4, 0.5) is 0 Å². The first-order valence-electron chi connectivity index (χ1n) is 8.45. The molecule has 3 atom stereocenters. The lowest BCUT2D eigenvalue weighted by molar-refractivity contribution is -0.133. The van der Waals surface area contributed by atoms with Crippen LogP contribution in [-0.4, -0.2) is 48.3 Å². The number of primary amides is 1. The molecule has 0 radical (unpaired) electrons. The maximum atomic E-state index is 12.5. The molecule has 0 aliphatic carbocycles. The van der Waals surface area contributed by atoms with Crippen LogP contribution in [0.15, 0.2) is 0 Å². The predicted octanol–water partition coefficient (Wildman–Crippen LogP) is -1.25. The van der Waals surface area contributed by atoms with E-state index in [1.165, 1.54) is 13.8 Å². The molecule has 0 aromatic rings. The van der Waals surface area contributed by atoms with Crippen molar-refractivity contribution >= 4 is 23.6 Å². The van der Waals surface area contributed by atoms with Crippen LogP contribution in [-0.2, 0) is 19.2 Å². The van der Waals surface area contributed by atoms with E-state index in [2.05, 4.69) is 16.0 Å². The van der Waals surface area contributed by atoms with Crippen molar-refractivity contribution in [3.05, 3.63) is 0 Å². The molecule has 9 heteroatoms. The van der Waals surface area contributed by atoms with Gasteiger partial charge in [-0.05, 0) is 38.6 Å². The summed E-state index contributed by atoms with van der Waals surface area (Å²) in [5, 5.41) is 7.61. The van der Waals surface area contributed by atoms with Gasteiger partial charge in [0.25, 0.3) is 0 Å². The minimum Gasteiger partial charge on any atom is -0.368 e. The highest BCUT2D eigenvalue weighted by atomic mass is 16.2. The molecular weight excluding hydrogens is 326 g/mol. The highest BCUT2D eigenvalue weighted by Gasteiger charge is 2.27. The SMILES string of the molecule is CC(=O)N[C@@H](C)C(=O)N[C@@H](CCCN)C(=O)N[C@@H](CC(C)C)C(N)=O. The molecule has 25 heavy (non-hydrogen) atoms. The summed E-state index contributed by atoms with van der Waals surface area (Å²) >= 11 is 0. The van der Waals surface area contributed by atoms with Crippen LogP contribution in [0.25, 0.3) is 0 Å². The normalized spacial score (nSPS) is 14.3. The van der Waals surface area contributed by atoms with Crippen molar-refractivity contribution in [1.82, 2.24) is 16.0 Å². The Morgan fingerprint density at radius 1 is 0.920 bits per heavy atom. The number of nitrogens with two attached hydrogens (primary N) is 2. The second-order valence-corrected chi connectivity index (χ2v) is 6.51. The summed E-state index contributed by atoms with van der Waals surface area (Å²) in [5.41, 5.74) is 10.8. The number of hydrogen-bond donors (Lipinski definition) is 5. The Balaban J connectivity index is 4.98. The van der Waals surface area contributed by atoms with E-state index in [4.69, 9.17) is 11.5 Å². The fraction of sp³-hybridized carbons (Fsp3) is 0.750. The molecule has 0 unspecified atom stereocenters. The molecule has 4 amide bonds. The smallest absolute Gasteiger partial charge is 0.243 e. The van der Waals surface area contributed by atoms with Crippen LogP contribution < -0.4 is 27.4 Å². The van der Waals surface area contributed by atoms with Gasteiger partial charge in [-0.25, -0.2) is 0 Å². The third-order valence-corrected chi connectivity index (χ3v) is 3.51. The highest BCUT2D eigenvalue weighted by molar-refractivity contribution is 5.93. The summed E-state index contributed by atoms with van der Waals surface area (Å²) in [6, 6.07) is -2.45. The van der Waals surface area contributed by atoms with Gasteiger partial charge in [0.15, 0.2) is 0 Å². The Morgan fingerprint density at radius 3 is 1.92 bits per heavy atom. The Morgan fingerprint density at radius 2 is 1.48 bits per heavy atom. The van der Waals surface area contributed by atoms with E-state index in [1.54, 1.807) is 0 Å². The number of carbonyl (C=O) groups excluding carboxylic acids is 4. The molecular formula is C16H31N5O4. The van der Waals surface area contributed by atoms with Crippen LogP contribution in [0.5, 0.6) is 0 Å². The molecule has 0 heterocycles. The minimum absolute atomic E-state index is 0.162. The summed E-state index contributed by atoms with van der Waals surface area (Å²) in [7, 11) is 0. The van der Waals surface area contributed by atoms with Crippen molar-refractivity contribution in [3.63, 3.8) is 0 Å². The number of nitrogens with one attached hydrogen (secondary N) is 3. The Kier molecular flexibility index (Phi) is 10.4. The molecule has 0 aliphatic heterocycles. The summed E-state index contributed by atoms with van der Waals surface area (Å²) in [4.78, 5) is 47.1. The number of carbonyl (C=O) groups is 4. The average molecular weight is 357 g/mol. The zero-order valence-corrected chi connectivity index (χ0v) is 15.4. The number of rotatable bonds is 11. The van der Waals surface area contributed by atoms with E-state index in [-0.39, 0.29) is 11.8 Å². The molecule has 0 fully saturated rings. The van der Waals surface area contributed by atoms with Gasteiger partial charge in [0.1, 0.15) is 18.1 Å². The summed E-state index contributed by atoms with van der Waals surface area (Å²) in [6.45, 7) is 6.98. The third kappa shape index (κ3) is 9.65. The topological polar surface area (TPSA) is 156 Å². The summed E-state index contributed by atoms with van der Waals surface area (Å²) in [6.07, 6.45) is 1.23. The molecule has 0 saturated heterocycles. The fourth-order valence-electron chi connectivity index (χ4n) is 2.25. The van der Waals surface area contributed by atoms with Crippen LogP contribution >= 0.6 is 0 Å². The molecule has 144 valence electrons. The Hall–Kier alpha value is -2.16. The molecule has 7 N–H and O–H groups in total. The maximum Gasteiger partial charge on any atom is 0.243 e. The lowest BCUT2D eigenvalue weighted by Crippen LogP contribution is -2.56. The predicted molar refractivity (Wildman–Crippen MR) is 94.1 cm³/mol. The second-order valence-electron chi connectivity index (χ2n) is 6.51. The molecule has 0 aromatic heterocycles. The van der Waals surface area contributed by atoms with E-state index in [9.17, 15) is 19.2 Å². The Labute approximate surface area is 148 Å². The van der Waals surface area contributed by atoms with Crippen LogP contribution in [0.2, 0.25) is 0 Å². The molecule has 0 aliphatic rings. The molecule has 0 saturated carbocycles. The standard InChI is InChI=1S/C16H31N5O4/c1-9(2)8-13(14(18)23)21-16(25)12(6-5-7-17)20-15(24)10(3)19-11(4)22/h9-10,12-13H,5-8,17H2,1-4H3,(H2,18,23)(H,19,22)(H,20,24)(H,21,25)/t10-,12-,13-/m0/s1. The van der Waals surface area contributed by atoms with Crippen molar-refractivity contribution in [2.45, 2.75) is 65.1 Å². The van der Waals surface area contributed by atoms with Crippen molar-refractivity contribution in [3.8, 4) is 0 Å². The average Bonchev–Trinajstić information content (AvgIpc) is 2.48. The van der Waals surface area contributed by atoms with Gasteiger partial charge in [-0.15, -0.1) is 0 Å². The maximum absolute atomic E-state index is 12.5. The zero-order chi connectivity index (χ0) is 19.6. The fourth-order valence-corrected chi connectivity index (χ4v) is 2.25. The molecule has 0 spiro atoms. The number of amides is 4. The van der Waals surface area contributed by atoms with Gasteiger partial charge >= 0.3 is 0 Å². The largest absolute Gasteiger partial charge is 0.368 e. The molecule has 9 nitrogen and oxygen atoms in total. The van der Waals surface area contributed by atoms with E-state index in [0.29, 0.717) is 25.8 Å². The first-order chi connectivity index (χ1) is 11.6. The van der Waals surface area contributed by atoms with Crippen molar-refractivity contribution in [2.24, 2.45) is 17.4 Å². The lowest BCUT2D eigenvalue weighted by Gasteiger charge is -2.24. The third-order valence-electron chi connectivity index (χ3n) is 3.51. The van der Waals surface area contributed by atoms with Crippen molar-refractivity contribution in [1.29, 1.82) is 0 Å². The summed E-state index contributed by atoms with van der Waals surface area (Å²) < 4.78 is 0. The van der Waals surface area contributed by atoms with Gasteiger partial charge in [0, 0.05) is 6.92 Å². The Bertz CT molecular complexity index is 481. The lowest BCUT2D eigenvalue weighted by atomic mass is 10.0. The first-order valence-corrected chi connectivity index (χ1v) is 8.45. The highest BCUT2D eigenvalue weighted by Crippen LogP contribution is 2.06. The van der Waals surface area contributed by atoms with E-state index < -0.39 is 35.8 Å². The summed E-state index contributed by atoms with van der Waals surface area (Å²) in [5.74, 6) is -1.81. The number of hydrogen-bond acceptors (Lipinski definition) is 5. The van der Waals surface area contributed by atoms with Crippen molar-refractivity contribution < 1.29 is 19.2 Å². The zero-order valence-electron chi connectivity index (χ0n) is 15.4. The van der Waals surface area contributed by atoms with Gasteiger partial charge in [-0.2, -0.15) is 0 Å². The van der Waals surface area contributed by atoms with Gasteiger partial charge in [0.05, 0.1) is 0 Å². The first kappa shape index (κ1) is 22.8. The minimum atomic E-state index is -0.860.